The second kappa shape index (κ2) is 6.55. The molecule has 18 heavy (non-hydrogen) atoms. The summed E-state index contributed by atoms with van der Waals surface area (Å²) in [7, 11) is 0. The highest BCUT2D eigenvalue weighted by Gasteiger charge is 2.27. The van der Waals surface area contributed by atoms with Gasteiger partial charge in [0.15, 0.2) is 0 Å². The Balaban J connectivity index is 1.92. The fourth-order valence-corrected chi connectivity index (χ4v) is 2.82. The van der Waals surface area contributed by atoms with Crippen LogP contribution in [0.1, 0.15) is 24.8 Å². The van der Waals surface area contributed by atoms with Crippen LogP contribution in [-0.4, -0.2) is 19.0 Å². The summed E-state index contributed by atoms with van der Waals surface area (Å²) in [5.74, 6) is 0.373. The molecule has 1 atom stereocenters. The van der Waals surface area contributed by atoms with Gasteiger partial charge in [0.05, 0.1) is 0 Å². The lowest BCUT2D eigenvalue weighted by Crippen LogP contribution is -2.37. The minimum atomic E-state index is -0.127. The molecule has 3 N–H and O–H groups in total. The van der Waals surface area contributed by atoms with Crippen LogP contribution in [0.15, 0.2) is 30.3 Å². The Kier molecular flexibility index (Phi) is 4.76. The van der Waals surface area contributed by atoms with Crippen LogP contribution in [0.2, 0.25) is 0 Å². The molecule has 1 heterocycles. The van der Waals surface area contributed by atoms with Crippen molar-refractivity contribution in [3.63, 3.8) is 0 Å². The molecule has 0 radical (unpaired) electrons. The van der Waals surface area contributed by atoms with Gasteiger partial charge < -0.3 is 11.1 Å². The van der Waals surface area contributed by atoms with E-state index in [1.807, 2.05) is 18.2 Å². The van der Waals surface area contributed by atoms with Crippen LogP contribution in [0.25, 0.3) is 0 Å². The number of amides is 1. The van der Waals surface area contributed by atoms with E-state index in [4.69, 9.17) is 5.73 Å². The van der Waals surface area contributed by atoms with Gasteiger partial charge in [0.25, 0.3) is 0 Å². The summed E-state index contributed by atoms with van der Waals surface area (Å²) >= 11 is 0. The fraction of sp³-hybridized carbons (Fsp3) is 0.533. The maximum atomic E-state index is 11.6. The van der Waals surface area contributed by atoms with Crippen LogP contribution in [0.3, 0.4) is 0 Å². The Labute approximate surface area is 109 Å². The maximum absolute atomic E-state index is 11.6. The molecule has 0 spiro atoms. The van der Waals surface area contributed by atoms with Crippen molar-refractivity contribution in [1.29, 1.82) is 0 Å². The van der Waals surface area contributed by atoms with E-state index in [-0.39, 0.29) is 11.8 Å². The number of nitrogens with two attached hydrogens (primary N) is 1. The van der Waals surface area contributed by atoms with E-state index in [0.29, 0.717) is 5.92 Å². The van der Waals surface area contributed by atoms with Crippen molar-refractivity contribution >= 4 is 5.91 Å². The molecule has 0 bridgehead atoms. The molecule has 1 fully saturated rings. The number of primary amides is 1. The second-order valence-corrected chi connectivity index (χ2v) is 5.12. The monoisotopic (exact) mass is 246 g/mol. The van der Waals surface area contributed by atoms with Crippen molar-refractivity contribution in [3.05, 3.63) is 35.9 Å². The van der Waals surface area contributed by atoms with E-state index < -0.39 is 0 Å². The first kappa shape index (κ1) is 13.1. The zero-order chi connectivity index (χ0) is 12.8. The molecule has 1 aromatic carbocycles. The summed E-state index contributed by atoms with van der Waals surface area (Å²) < 4.78 is 0. The molecule has 3 heteroatoms. The van der Waals surface area contributed by atoms with Gasteiger partial charge in [-0.2, -0.15) is 0 Å². The largest absolute Gasteiger partial charge is 0.369 e. The van der Waals surface area contributed by atoms with Crippen LogP contribution in [-0.2, 0) is 11.2 Å². The van der Waals surface area contributed by atoms with Crippen molar-refractivity contribution < 1.29 is 4.79 Å². The maximum Gasteiger partial charge on any atom is 0.220 e. The molecule has 1 aliphatic heterocycles. The highest BCUT2D eigenvalue weighted by atomic mass is 16.1. The number of carbonyl (C=O) groups excluding carboxylic acids is 1. The Morgan fingerprint density at radius 3 is 2.56 bits per heavy atom. The van der Waals surface area contributed by atoms with Crippen LogP contribution in [0.4, 0.5) is 0 Å². The van der Waals surface area contributed by atoms with E-state index in [0.717, 1.165) is 38.8 Å². The molecule has 1 aromatic rings. The average Bonchev–Trinajstić information content (AvgIpc) is 2.41. The SMILES string of the molecule is NC(=O)C(CCc1ccccc1)C1CCNCC1. The zero-order valence-electron chi connectivity index (χ0n) is 10.8. The highest BCUT2D eigenvalue weighted by Crippen LogP contribution is 2.25. The predicted molar refractivity (Wildman–Crippen MR) is 73.0 cm³/mol. The summed E-state index contributed by atoms with van der Waals surface area (Å²) in [6.07, 6.45) is 3.97. The van der Waals surface area contributed by atoms with Crippen LogP contribution in [0, 0.1) is 11.8 Å². The molecule has 1 aliphatic rings. The number of hydrogen-bond donors (Lipinski definition) is 2. The van der Waals surface area contributed by atoms with Gasteiger partial charge in [0.2, 0.25) is 5.91 Å². The van der Waals surface area contributed by atoms with Gasteiger partial charge in [0.1, 0.15) is 0 Å². The third-order valence-corrected chi connectivity index (χ3v) is 3.91. The van der Waals surface area contributed by atoms with Crippen LogP contribution in [0.5, 0.6) is 0 Å². The standard InChI is InChI=1S/C15H22N2O/c16-15(18)14(13-8-10-17-11-9-13)7-6-12-4-2-1-3-5-12/h1-5,13-14,17H,6-11H2,(H2,16,18). The smallest absolute Gasteiger partial charge is 0.220 e. The first-order valence-electron chi connectivity index (χ1n) is 6.81. The van der Waals surface area contributed by atoms with Crippen LogP contribution < -0.4 is 11.1 Å². The number of benzene rings is 1. The van der Waals surface area contributed by atoms with Gasteiger partial charge in [-0.3, -0.25) is 4.79 Å². The summed E-state index contributed by atoms with van der Waals surface area (Å²) in [5, 5.41) is 3.33. The number of rotatable bonds is 5. The van der Waals surface area contributed by atoms with Gasteiger partial charge in [0, 0.05) is 5.92 Å². The lowest BCUT2D eigenvalue weighted by molar-refractivity contribution is -0.124. The van der Waals surface area contributed by atoms with Crippen molar-refractivity contribution in [2.24, 2.45) is 17.6 Å². The summed E-state index contributed by atoms with van der Waals surface area (Å²) in [6.45, 7) is 2.03. The molecule has 2 rings (SSSR count). The van der Waals surface area contributed by atoms with Crippen LogP contribution >= 0.6 is 0 Å². The molecule has 98 valence electrons. The molecule has 0 saturated carbocycles. The van der Waals surface area contributed by atoms with E-state index >= 15 is 0 Å². The first-order valence-corrected chi connectivity index (χ1v) is 6.81. The molecule has 1 amide bonds. The molecule has 0 aromatic heterocycles. The second-order valence-electron chi connectivity index (χ2n) is 5.12. The Bertz CT molecular complexity index is 371. The quantitative estimate of drug-likeness (QED) is 0.831. The topological polar surface area (TPSA) is 55.1 Å². The van der Waals surface area contributed by atoms with Gasteiger partial charge in [-0.25, -0.2) is 0 Å². The third-order valence-electron chi connectivity index (χ3n) is 3.91. The van der Waals surface area contributed by atoms with Crippen molar-refractivity contribution in [3.8, 4) is 0 Å². The minimum absolute atomic E-state index is 0.0345. The first-order chi connectivity index (χ1) is 8.77. The Morgan fingerprint density at radius 1 is 1.28 bits per heavy atom. The van der Waals surface area contributed by atoms with Gasteiger partial charge in [-0.1, -0.05) is 30.3 Å². The number of piperidine rings is 1. The van der Waals surface area contributed by atoms with Gasteiger partial charge in [-0.15, -0.1) is 0 Å². The lowest BCUT2D eigenvalue weighted by atomic mass is 9.81. The highest BCUT2D eigenvalue weighted by molar-refractivity contribution is 5.77. The summed E-state index contributed by atoms with van der Waals surface area (Å²) in [6, 6.07) is 10.3. The number of nitrogens with one attached hydrogen (secondary N) is 1. The van der Waals surface area contributed by atoms with Crippen molar-refractivity contribution in [2.75, 3.05) is 13.1 Å². The lowest BCUT2D eigenvalue weighted by Gasteiger charge is -2.28. The fourth-order valence-electron chi connectivity index (χ4n) is 2.82. The number of hydrogen-bond acceptors (Lipinski definition) is 2. The Hall–Kier alpha value is -1.35. The number of carbonyl (C=O) groups is 1. The molecule has 0 aliphatic carbocycles. The van der Waals surface area contributed by atoms with E-state index in [2.05, 4.69) is 17.4 Å². The zero-order valence-corrected chi connectivity index (χ0v) is 10.8. The van der Waals surface area contributed by atoms with E-state index in [1.54, 1.807) is 0 Å². The number of aryl methyl sites for hydroxylation is 1. The van der Waals surface area contributed by atoms with Crippen molar-refractivity contribution in [2.45, 2.75) is 25.7 Å². The Morgan fingerprint density at radius 2 is 1.94 bits per heavy atom. The normalized spacial score (nSPS) is 18.4. The third kappa shape index (κ3) is 3.57. The summed E-state index contributed by atoms with van der Waals surface area (Å²) in [5.41, 5.74) is 6.86. The molecular formula is C15H22N2O. The van der Waals surface area contributed by atoms with Gasteiger partial charge >= 0.3 is 0 Å². The van der Waals surface area contributed by atoms with E-state index in [1.165, 1.54) is 5.56 Å². The average molecular weight is 246 g/mol. The molecule has 1 saturated heterocycles. The molecular weight excluding hydrogens is 224 g/mol. The van der Waals surface area contributed by atoms with E-state index in [9.17, 15) is 4.79 Å². The molecule has 3 nitrogen and oxygen atoms in total. The molecule has 1 unspecified atom stereocenters. The summed E-state index contributed by atoms with van der Waals surface area (Å²) in [4.78, 5) is 11.6. The predicted octanol–water partition coefficient (Wildman–Crippen LogP) is 1.72. The minimum Gasteiger partial charge on any atom is -0.369 e. The van der Waals surface area contributed by atoms with Gasteiger partial charge in [-0.05, 0) is 50.3 Å². The van der Waals surface area contributed by atoms with Crippen molar-refractivity contribution in [1.82, 2.24) is 5.32 Å².